The van der Waals surface area contributed by atoms with Crippen molar-refractivity contribution < 1.29 is 27.2 Å². The van der Waals surface area contributed by atoms with Crippen molar-refractivity contribution in [3.8, 4) is 0 Å². The lowest BCUT2D eigenvalue weighted by molar-refractivity contribution is 0.114. The molecule has 0 aliphatic carbocycles. The quantitative estimate of drug-likeness (QED) is 0.625. The second-order valence-corrected chi connectivity index (χ2v) is 5.69. The summed E-state index contributed by atoms with van der Waals surface area (Å²) in [5.41, 5.74) is -0.611. The zero-order valence-corrected chi connectivity index (χ0v) is 11.3. The molecule has 112 valence electrons. The van der Waals surface area contributed by atoms with Crippen LogP contribution in [0.1, 0.15) is 0 Å². The molecule has 21 heavy (non-hydrogen) atoms. The van der Waals surface area contributed by atoms with Crippen LogP contribution in [-0.4, -0.2) is 40.4 Å². The third-order valence-corrected chi connectivity index (χ3v) is 3.88. The summed E-state index contributed by atoms with van der Waals surface area (Å²) in [4.78, 5) is 23.1. The molecule has 1 aromatic carbocycles. The van der Waals surface area contributed by atoms with Gasteiger partial charge in [0.15, 0.2) is 6.10 Å². The zero-order chi connectivity index (χ0) is 15.2. The van der Waals surface area contributed by atoms with Gasteiger partial charge in [-0.05, 0) is 12.1 Å². The van der Waals surface area contributed by atoms with Gasteiger partial charge in [0, 0.05) is 0 Å². The summed E-state index contributed by atoms with van der Waals surface area (Å²) in [5, 5.41) is 0. The van der Waals surface area contributed by atoms with Crippen LogP contribution in [0, 0.1) is 0 Å². The lowest BCUT2D eigenvalue weighted by Gasteiger charge is -2.07. The Morgan fingerprint density at radius 1 is 1.24 bits per heavy atom. The Balaban J connectivity index is 2.17. The lowest BCUT2D eigenvalue weighted by Crippen LogP contribution is -2.32. The molecule has 1 fully saturated rings. The molecule has 1 aromatic heterocycles. The van der Waals surface area contributed by atoms with E-state index in [0.29, 0.717) is 9.49 Å². The first kappa shape index (κ1) is 13.6. The first-order chi connectivity index (χ1) is 9.88. The van der Waals surface area contributed by atoms with Crippen LogP contribution < -0.4 is 5.69 Å². The molecule has 2 aromatic rings. The highest BCUT2D eigenvalue weighted by Gasteiger charge is 2.28. The van der Waals surface area contributed by atoms with E-state index >= 15 is 0 Å². The molecule has 0 bridgehead atoms. The van der Waals surface area contributed by atoms with Gasteiger partial charge in [-0.25, -0.2) is 9.59 Å². The van der Waals surface area contributed by atoms with Crippen molar-refractivity contribution in [3.63, 3.8) is 0 Å². The van der Waals surface area contributed by atoms with E-state index in [-0.39, 0.29) is 18.7 Å². The molecule has 1 N–H and O–H groups in total. The largest absolute Gasteiger partial charge is 0.508 e. The van der Waals surface area contributed by atoms with E-state index < -0.39 is 28.3 Å². The standard InChI is InChI=1S/C11H10N2O7S/c14-10-12(5-7-6-19-11(15)20-7)8-3-1-2-4-9(8)13(10)21(16,17)18/h1-4,7H,5-6H2,(H,16,17,18). The number of hydrogen-bond acceptors (Lipinski definition) is 6. The van der Waals surface area contributed by atoms with E-state index in [9.17, 15) is 22.6 Å². The van der Waals surface area contributed by atoms with Crippen LogP contribution in [0.15, 0.2) is 29.1 Å². The molecule has 3 rings (SSSR count). The second-order valence-electron chi connectivity index (χ2n) is 4.42. The monoisotopic (exact) mass is 314 g/mol. The molecule has 1 atom stereocenters. The maximum atomic E-state index is 12.2. The number of ether oxygens (including phenoxy) is 2. The maximum Gasteiger partial charge on any atom is 0.508 e. The zero-order valence-electron chi connectivity index (χ0n) is 10.5. The fraction of sp³-hybridized carbons (Fsp3) is 0.273. The fourth-order valence-corrected chi connectivity index (χ4v) is 2.94. The van der Waals surface area contributed by atoms with E-state index in [2.05, 4.69) is 4.74 Å². The molecule has 0 radical (unpaired) electrons. The number of fused-ring (bicyclic) bond motifs is 1. The van der Waals surface area contributed by atoms with E-state index in [1.54, 1.807) is 6.07 Å². The molecule has 1 aliphatic heterocycles. The first-order valence-electron chi connectivity index (χ1n) is 5.89. The fourth-order valence-electron chi connectivity index (χ4n) is 2.24. The molecule has 9 nitrogen and oxygen atoms in total. The van der Waals surface area contributed by atoms with E-state index in [4.69, 9.17) is 4.74 Å². The number of aromatic nitrogens is 2. The highest BCUT2D eigenvalue weighted by atomic mass is 32.2. The van der Waals surface area contributed by atoms with Crippen molar-refractivity contribution in [1.82, 2.24) is 8.54 Å². The van der Waals surface area contributed by atoms with Gasteiger partial charge in [0.25, 0.3) is 0 Å². The summed E-state index contributed by atoms with van der Waals surface area (Å²) in [7, 11) is -4.74. The lowest BCUT2D eigenvalue weighted by atomic mass is 10.3. The summed E-state index contributed by atoms with van der Waals surface area (Å²) in [5.74, 6) is 0. The molecule has 0 amide bonds. The van der Waals surface area contributed by atoms with Gasteiger partial charge >= 0.3 is 22.1 Å². The summed E-state index contributed by atoms with van der Waals surface area (Å²) in [6.45, 7) is -0.107. The predicted octanol–water partition coefficient (Wildman–Crippen LogP) is -0.0107. The third-order valence-electron chi connectivity index (χ3n) is 3.06. The van der Waals surface area contributed by atoms with Gasteiger partial charge in [-0.2, -0.15) is 12.4 Å². The number of carbonyl (C=O) groups is 1. The Hall–Kier alpha value is -2.33. The number of nitrogens with zero attached hydrogens (tertiary/aromatic N) is 2. The number of imidazole rings is 1. The number of benzene rings is 1. The minimum absolute atomic E-state index is 0.0311. The summed E-state index contributed by atoms with van der Waals surface area (Å²) < 4.78 is 42.8. The van der Waals surface area contributed by atoms with Gasteiger partial charge in [-0.15, -0.1) is 0 Å². The Bertz CT molecular complexity index is 880. The number of rotatable bonds is 3. The highest BCUT2D eigenvalue weighted by molar-refractivity contribution is 7.84. The minimum Gasteiger partial charge on any atom is -0.430 e. The van der Waals surface area contributed by atoms with Crippen molar-refractivity contribution in [2.24, 2.45) is 0 Å². The van der Waals surface area contributed by atoms with Crippen molar-refractivity contribution in [1.29, 1.82) is 0 Å². The van der Waals surface area contributed by atoms with Crippen molar-refractivity contribution in [2.75, 3.05) is 6.61 Å². The van der Waals surface area contributed by atoms with Gasteiger partial charge in [0.1, 0.15) is 6.61 Å². The Kier molecular flexibility index (Phi) is 2.99. The smallest absolute Gasteiger partial charge is 0.430 e. The molecule has 0 saturated carbocycles. The minimum atomic E-state index is -4.74. The van der Waals surface area contributed by atoms with Crippen LogP contribution in [0.2, 0.25) is 0 Å². The Morgan fingerprint density at radius 3 is 2.48 bits per heavy atom. The van der Waals surface area contributed by atoms with Crippen molar-refractivity contribution in [3.05, 3.63) is 34.7 Å². The molecule has 1 saturated heterocycles. The van der Waals surface area contributed by atoms with Gasteiger partial charge in [-0.3, -0.25) is 9.12 Å². The summed E-state index contributed by atoms with van der Waals surface area (Å²) in [6, 6.07) is 6.06. The van der Waals surface area contributed by atoms with E-state index in [1.165, 1.54) is 18.2 Å². The highest BCUT2D eigenvalue weighted by Crippen LogP contribution is 2.16. The van der Waals surface area contributed by atoms with Crippen LogP contribution in [0.4, 0.5) is 4.79 Å². The van der Waals surface area contributed by atoms with Gasteiger partial charge in [0.2, 0.25) is 0 Å². The van der Waals surface area contributed by atoms with Gasteiger partial charge < -0.3 is 9.47 Å². The summed E-state index contributed by atoms with van der Waals surface area (Å²) in [6.07, 6.45) is -1.54. The number of para-hydroxylation sites is 2. The number of hydrogen-bond donors (Lipinski definition) is 1. The third kappa shape index (κ3) is 2.28. The molecule has 10 heteroatoms. The van der Waals surface area contributed by atoms with Crippen LogP contribution in [0.25, 0.3) is 11.0 Å². The van der Waals surface area contributed by atoms with Gasteiger partial charge in [-0.1, -0.05) is 12.1 Å². The average molecular weight is 314 g/mol. The summed E-state index contributed by atoms with van der Waals surface area (Å²) >= 11 is 0. The first-order valence-corrected chi connectivity index (χ1v) is 7.29. The van der Waals surface area contributed by atoms with Crippen molar-refractivity contribution in [2.45, 2.75) is 12.6 Å². The Labute approximate surface area is 118 Å². The number of carbonyl (C=O) groups excluding carboxylic acids is 1. The molecule has 1 unspecified atom stereocenters. The molecular weight excluding hydrogens is 304 g/mol. The maximum absolute atomic E-state index is 12.2. The Morgan fingerprint density at radius 2 is 1.90 bits per heavy atom. The predicted molar refractivity (Wildman–Crippen MR) is 69.4 cm³/mol. The normalized spacial score (nSPS) is 18.7. The van der Waals surface area contributed by atoms with E-state index in [0.717, 1.165) is 4.57 Å². The molecule has 2 heterocycles. The molecule has 1 aliphatic rings. The van der Waals surface area contributed by atoms with Crippen LogP contribution in [0.5, 0.6) is 0 Å². The van der Waals surface area contributed by atoms with Crippen LogP contribution >= 0.6 is 0 Å². The van der Waals surface area contributed by atoms with Crippen molar-refractivity contribution >= 4 is 27.5 Å². The number of cyclic esters (lactones) is 2. The molecular formula is C11H10N2O7S. The van der Waals surface area contributed by atoms with Crippen LogP contribution in [-0.2, 0) is 26.3 Å². The average Bonchev–Trinajstić information content (AvgIpc) is 2.92. The topological polar surface area (TPSA) is 117 Å². The second kappa shape index (κ2) is 4.60. The SMILES string of the molecule is O=C1OCC(Cn2c(=O)n(S(=O)(=O)O)c3ccccc32)O1. The van der Waals surface area contributed by atoms with Gasteiger partial charge in [0.05, 0.1) is 17.6 Å². The molecule has 0 spiro atoms. The van der Waals surface area contributed by atoms with E-state index in [1.807, 2.05) is 0 Å². The van der Waals surface area contributed by atoms with Crippen LogP contribution in [0.3, 0.4) is 0 Å².